The first-order valence-electron chi connectivity index (χ1n) is 12.7. The standard InChI is InChI=1S/C30H26ClFN4O3/c1-38-21-11-12-22(24(31)16-21)28(18-3-2-4-18)27(20-10-13-25-23(15-20)29(32)35-34-25)19-8-5-17(6-9-19)7-14-26-33-30(37)39-36-26/h5-16,18,29,34-35H,2-4H2,1H3,(H,33,36,37)/b14-7+,28-27+. The second-order valence-electron chi connectivity index (χ2n) is 9.63. The van der Waals surface area contributed by atoms with E-state index in [1.165, 1.54) is 0 Å². The van der Waals surface area contributed by atoms with Crippen LogP contribution in [0.25, 0.3) is 23.3 Å². The topological polar surface area (TPSA) is 92.2 Å². The van der Waals surface area contributed by atoms with Gasteiger partial charge in [-0.05, 0) is 88.6 Å². The molecule has 9 heteroatoms. The van der Waals surface area contributed by atoms with Gasteiger partial charge in [-0.2, -0.15) is 0 Å². The summed E-state index contributed by atoms with van der Waals surface area (Å²) in [4.78, 5) is 13.7. The summed E-state index contributed by atoms with van der Waals surface area (Å²) < 4.78 is 24.6. The van der Waals surface area contributed by atoms with E-state index in [1.807, 2.05) is 66.7 Å². The average Bonchev–Trinajstić information content (AvgIpc) is 3.51. The minimum Gasteiger partial charge on any atom is -0.497 e. The van der Waals surface area contributed by atoms with Crippen molar-refractivity contribution in [1.82, 2.24) is 15.6 Å². The average molecular weight is 545 g/mol. The van der Waals surface area contributed by atoms with Gasteiger partial charge >= 0.3 is 5.76 Å². The highest BCUT2D eigenvalue weighted by Crippen LogP contribution is 2.48. The first kappa shape index (κ1) is 25.2. The van der Waals surface area contributed by atoms with E-state index >= 15 is 0 Å². The highest BCUT2D eigenvalue weighted by atomic mass is 35.5. The Bertz CT molecular complexity index is 1640. The first-order chi connectivity index (χ1) is 19.0. The van der Waals surface area contributed by atoms with Crippen molar-refractivity contribution < 1.29 is 13.7 Å². The summed E-state index contributed by atoms with van der Waals surface area (Å²) in [5.41, 5.74) is 12.8. The summed E-state index contributed by atoms with van der Waals surface area (Å²) in [6.07, 6.45) is 5.47. The second kappa shape index (κ2) is 10.6. The number of nitrogens with zero attached hydrogens (tertiary/aromatic N) is 1. The zero-order chi connectivity index (χ0) is 26.9. The minimum absolute atomic E-state index is 0.320. The molecule has 0 radical (unpaired) electrons. The van der Waals surface area contributed by atoms with Crippen molar-refractivity contribution in [3.63, 3.8) is 0 Å². The van der Waals surface area contributed by atoms with Crippen LogP contribution in [0.4, 0.5) is 10.1 Å². The van der Waals surface area contributed by atoms with Crippen molar-refractivity contribution in [2.45, 2.75) is 25.6 Å². The zero-order valence-electron chi connectivity index (χ0n) is 21.1. The van der Waals surface area contributed by atoms with Gasteiger partial charge in [0.05, 0.1) is 17.8 Å². The summed E-state index contributed by atoms with van der Waals surface area (Å²) in [5.74, 6) is 0.751. The van der Waals surface area contributed by atoms with Gasteiger partial charge in [0, 0.05) is 5.56 Å². The van der Waals surface area contributed by atoms with E-state index in [4.69, 9.17) is 16.3 Å². The fourth-order valence-corrected chi connectivity index (χ4v) is 5.36. The van der Waals surface area contributed by atoms with E-state index in [1.54, 1.807) is 13.2 Å². The lowest BCUT2D eigenvalue weighted by Gasteiger charge is -2.32. The van der Waals surface area contributed by atoms with Crippen molar-refractivity contribution in [3.05, 3.63) is 110 Å². The van der Waals surface area contributed by atoms with Crippen LogP contribution >= 0.6 is 11.6 Å². The van der Waals surface area contributed by atoms with Gasteiger partial charge in [0.15, 0.2) is 12.1 Å². The molecule has 3 N–H and O–H groups in total. The molecule has 0 saturated heterocycles. The third-order valence-electron chi connectivity index (χ3n) is 7.29. The van der Waals surface area contributed by atoms with Crippen LogP contribution in [-0.4, -0.2) is 17.3 Å². The molecule has 1 fully saturated rings. The molecule has 6 rings (SSSR count). The number of hydrogen-bond acceptors (Lipinski definition) is 6. The van der Waals surface area contributed by atoms with Crippen LogP contribution in [0.15, 0.2) is 70.0 Å². The summed E-state index contributed by atoms with van der Waals surface area (Å²) in [6.45, 7) is 0. The van der Waals surface area contributed by atoms with Crippen LogP contribution < -0.4 is 21.3 Å². The van der Waals surface area contributed by atoms with Crippen LogP contribution in [-0.2, 0) is 0 Å². The number of alkyl halides is 1. The predicted octanol–water partition coefficient (Wildman–Crippen LogP) is 6.85. The smallest absolute Gasteiger partial charge is 0.439 e. The summed E-state index contributed by atoms with van der Waals surface area (Å²) in [6, 6.07) is 19.7. The van der Waals surface area contributed by atoms with Crippen molar-refractivity contribution in [2.75, 3.05) is 12.5 Å². The molecule has 4 aromatic rings. The maximum atomic E-state index is 14.7. The number of methoxy groups -OCH3 is 1. The molecule has 1 unspecified atom stereocenters. The number of allylic oxidation sites excluding steroid dienone is 1. The molecule has 1 saturated carbocycles. The minimum atomic E-state index is -1.30. The number of nitrogens with one attached hydrogen (secondary N) is 3. The van der Waals surface area contributed by atoms with Gasteiger partial charge in [0.1, 0.15) is 5.75 Å². The lowest BCUT2D eigenvalue weighted by Crippen LogP contribution is -2.15. The number of halogens is 2. The van der Waals surface area contributed by atoms with Crippen LogP contribution in [0.3, 0.4) is 0 Å². The van der Waals surface area contributed by atoms with Gasteiger partial charge < -0.3 is 10.2 Å². The SMILES string of the molecule is COc1ccc(/C(=C(\c2ccc(/C=C/c3noc(=O)[nH]3)cc2)c2ccc3c(c2)C(F)NN3)C2CCC2)c(Cl)c1. The van der Waals surface area contributed by atoms with E-state index in [2.05, 4.69) is 25.5 Å². The molecule has 3 aromatic carbocycles. The van der Waals surface area contributed by atoms with Gasteiger partial charge in [-0.3, -0.25) is 9.51 Å². The maximum Gasteiger partial charge on any atom is 0.439 e. The number of benzene rings is 3. The third kappa shape index (κ3) is 5.01. The normalized spacial score (nSPS) is 17.5. The molecule has 0 amide bonds. The molecule has 39 heavy (non-hydrogen) atoms. The molecule has 198 valence electrons. The monoisotopic (exact) mass is 544 g/mol. The van der Waals surface area contributed by atoms with Crippen LogP contribution in [0.1, 0.15) is 59.2 Å². The number of H-pyrrole nitrogens is 1. The Morgan fingerprint density at radius 1 is 1.08 bits per heavy atom. The predicted molar refractivity (Wildman–Crippen MR) is 151 cm³/mol. The van der Waals surface area contributed by atoms with Crippen LogP contribution in [0.2, 0.25) is 5.02 Å². The van der Waals surface area contributed by atoms with E-state index in [-0.39, 0.29) is 0 Å². The molecule has 2 heterocycles. The number of aromatic amines is 1. The number of aromatic nitrogens is 2. The van der Waals surface area contributed by atoms with E-state index < -0.39 is 12.1 Å². The lowest BCUT2D eigenvalue weighted by atomic mass is 9.73. The fraction of sp³-hybridized carbons (Fsp3) is 0.200. The second-order valence-corrected chi connectivity index (χ2v) is 10.0. The highest BCUT2D eigenvalue weighted by Gasteiger charge is 2.30. The number of ether oxygens (including phenoxy) is 1. The number of anilines is 1. The summed E-state index contributed by atoms with van der Waals surface area (Å²) >= 11 is 6.85. The Kier molecular flexibility index (Phi) is 6.81. The van der Waals surface area contributed by atoms with E-state index in [0.717, 1.165) is 58.3 Å². The van der Waals surface area contributed by atoms with Crippen LogP contribution in [0.5, 0.6) is 5.75 Å². The molecule has 1 atom stereocenters. The summed E-state index contributed by atoms with van der Waals surface area (Å²) in [5, 5.41) is 4.28. The van der Waals surface area contributed by atoms with Crippen molar-refractivity contribution in [2.24, 2.45) is 5.92 Å². The fourth-order valence-electron chi connectivity index (χ4n) is 5.08. The number of rotatable bonds is 7. The quantitative estimate of drug-likeness (QED) is 0.174. The summed E-state index contributed by atoms with van der Waals surface area (Å²) in [7, 11) is 1.62. The van der Waals surface area contributed by atoms with Gasteiger partial charge in [-0.1, -0.05) is 59.6 Å². The Labute approximate surface area is 229 Å². The van der Waals surface area contributed by atoms with Crippen molar-refractivity contribution in [1.29, 1.82) is 0 Å². The Hall–Kier alpha value is -4.14. The number of hydrazine groups is 1. The van der Waals surface area contributed by atoms with Gasteiger partial charge in [-0.15, -0.1) is 0 Å². The van der Waals surface area contributed by atoms with Crippen molar-refractivity contribution >= 4 is 40.6 Å². The Balaban J connectivity index is 1.50. The molecular weight excluding hydrogens is 519 g/mol. The number of hydrogen-bond donors (Lipinski definition) is 3. The van der Waals surface area contributed by atoms with Gasteiger partial charge in [0.2, 0.25) is 0 Å². The molecule has 1 aliphatic carbocycles. The Morgan fingerprint density at radius 3 is 2.54 bits per heavy atom. The first-order valence-corrected chi connectivity index (χ1v) is 13.1. The largest absolute Gasteiger partial charge is 0.497 e. The lowest BCUT2D eigenvalue weighted by molar-refractivity contribution is 0.314. The van der Waals surface area contributed by atoms with Gasteiger partial charge in [-0.25, -0.2) is 14.6 Å². The third-order valence-corrected chi connectivity index (χ3v) is 7.60. The molecule has 1 aromatic heterocycles. The van der Waals surface area contributed by atoms with Crippen molar-refractivity contribution in [3.8, 4) is 5.75 Å². The van der Waals surface area contributed by atoms with Gasteiger partial charge in [0.25, 0.3) is 0 Å². The van der Waals surface area contributed by atoms with E-state index in [0.29, 0.717) is 28.1 Å². The van der Waals surface area contributed by atoms with E-state index in [9.17, 15) is 9.18 Å². The molecule has 7 nitrogen and oxygen atoms in total. The van der Waals surface area contributed by atoms with Crippen LogP contribution in [0, 0.1) is 5.92 Å². The number of fused-ring (bicyclic) bond motifs is 1. The molecule has 1 aliphatic heterocycles. The molecule has 0 bridgehead atoms. The zero-order valence-corrected chi connectivity index (χ0v) is 21.9. The molecular formula is C30H26ClFN4O3. The maximum absolute atomic E-state index is 14.7. The Morgan fingerprint density at radius 2 is 1.87 bits per heavy atom. The highest BCUT2D eigenvalue weighted by molar-refractivity contribution is 6.33. The molecule has 2 aliphatic rings. The molecule has 0 spiro atoms.